The molecular weight excluding hydrogens is 252 g/mol. The van der Waals surface area contributed by atoms with Crippen LogP contribution < -0.4 is 5.32 Å². The van der Waals surface area contributed by atoms with Crippen molar-refractivity contribution < 1.29 is 9.59 Å². The summed E-state index contributed by atoms with van der Waals surface area (Å²) in [6.45, 7) is 5.91. The zero-order chi connectivity index (χ0) is 14.2. The van der Waals surface area contributed by atoms with Crippen molar-refractivity contribution in [3.8, 4) is 0 Å². The molecule has 1 N–H and O–H groups in total. The molecule has 4 aliphatic rings. The molecule has 3 saturated carbocycles. The van der Waals surface area contributed by atoms with Crippen molar-refractivity contribution >= 4 is 11.8 Å². The van der Waals surface area contributed by atoms with Crippen LogP contribution in [-0.2, 0) is 9.59 Å². The van der Waals surface area contributed by atoms with Gasteiger partial charge in [0, 0.05) is 6.04 Å². The van der Waals surface area contributed by atoms with Crippen molar-refractivity contribution in [2.45, 2.75) is 58.2 Å². The fraction of sp³-hybridized carbons (Fsp3) is 0.875. The molecule has 0 spiro atoms. The monoisotopic (exact) mass is 276 g/mol. The molecule has 2 bridgehead atoms. The van der Waals surface area contributed by atoms with Crippen molar-refractivity contribution in [1.29, 1.82) is 0 Å². The van der Waals surface area contributed by atoms with E-state index in [9.17, 15) is 9.59 Å². The molecule has 2 amide bonds. The number of amides is 2. The Morgan fingerprint density at radius 1 is 1.15 bits per heavy atom. The molecule has 0 aromatic carbocycles. The van der Waals surface area contributed by atoms with Crippen LogP contribution in [0.3, 0.4) is 0 Å². The molecule has 6 atom stereocenters. The van der Waals surface area contributed by atoms with E-state index in [0.29, 0.717) is 17.9 Å². The second-order valence-corrected chi connectivity index (χ2v) is 7.63. The van der Waals surface area contributed by atoms with Crippen molar-refractivity contribution in [1.82, 2.24) is 10.2 Å². The van der Waals surface area contributed by atoms with Gasteiger partial charge in [0.2, 0.25) is 11.8 Å². The van der Waals surface area contributed by atoms with Gasteiger partial charge in [-0.15, -0.1) is 0 Å². The summed E-state index contributed by atoms with van der Waals surface area (Å²) in [5.41, 5.74) is 0. The minimum atomic E-state index is -0.322. The normalized spacial score (nSPS) is 49.6. The van der Waals surface area contributed by atoms with Crippen molar-refractivity contribution in [2.75, 3.05) is 0 Å². The number of nitrogens with zero attached hydrogens (tertiary/aromatic N) is 1. The fourth-order valence-electron chi connectivity index (χ4n) is 5.32. The Hall–Kier alpha value is -1.06. The van der Waals surface area contributed by atoms with Gasteiger partial charge in [-0.1, -0.05) is 13.8 Å². The molecule has 1 saturated heterocycles. The van der Waals surface area contributed by atoms with Crippen LogP contribution in [0.15, 0.2) is 0 Å². The third-order valence-electron chi connectivity index (χ3n) is 6.30. The first kappa shape index (κ1) is 12.7. The number of nitrogens with one attached hydrogen (secondary N) is 1. The van der Waals surface area contributed by atoms with Crippen molar-refractivity contribution in [2.24, 2.45) is 29.6 Å². The number of hydrogen-bond donors (Lipinski definition) is 1. The van der Waals surface area contributed by atoms with Gasteiger partial charge in [-0.05, 0) is 55.8 Å². The largest absolute Gasteiger partial charge is 0.342 e. The summed E-state index contributed by atoms with van der Waals surface area (Å²) in [7, 11) is 0. The maximum atomic E-state index is 12.8. The second-order valence-electron chi connectivity index (χ2n) is 7.63. The molecule has 4 rings (SSSR count). The highest BCUT2D eigenvalue weighted by Gasteiger charge is 2.68. The van der Waals surface area contributed by atoms with Crippen LogP contribution in [0.1, 0.15) is 40.0 Å². The number of fused-ring (bicyclic) bond motifs is 5. The van der Waals surface area contributed by atoms with Crippen LogP contribution in [0, 0.1) is 29.6 Å². The Morgan fingerprint density at radius 2 is 1.75 bits per heavy atom. The van der Waals surface area contributed by atoms with E-state index in [-0.39, 0.29) is 29.8 Å². The summed E-state index contributed by atoms with van der Waals surface area (Å²) in [6.07, 6.45) is 4.07. The lowest BCUT2D eigenvalue weighted by Crippen LogP contribution is -2.65. The molecule has 6 unspecified atom stereocenters. The average molecular weight is 276 g/mol. The molecule has 0 aromatic rings. The van der Waals surface area contributed by atoms with E-state index in [1.165, 1.54) is 19.3 Å². The summed E-state index contributed by atoms with van der Waals surface area (Å²) in [5.74, 6) is 3.43. The third-order valence-corrected chi connectivity index (χ3v) is 6.30. The van der Waals surface area contributed by atoms with Gasteiger partial charge in [0.25, 0.3) is 0 Å². The lowest BCUT2D eigenvalue weighted by Gasteiger charge is -2.40. The lowest BCUT2D eigenvalue weighted by molar-refractivity contribution is -0.151. The van der Waals surface area contributed by atoms with E-state index in [1.54, 1.807) is 0 Å². The highest BCUT2D eigenvalue weighted by molar-refractivity contribution is 5.97. The number of rotatable bonds is 2. The van der Waals surface area contributed by atoms with Gasteiger partial charge in [-0.25, -0.2) is 0 Å². The van der Waals surface area contributed by atoms with E-state index in [0.717, 1.165) is 11.8 Å². The van der Waals surface area contributed by atoms with Gasteiger partial charge >= 0.3 is 0 Å². The summed E-state index contributed by atoms with van der Waals surface area (Å²) < 4.78 is 0. The van der Waals surface area contributed by atoms with Gasteiger partial charge in [-0.3, -0.25) is 9.59 Å². The van der Waals surface area contributed by atoms with Crippen LogP contribution in [0.25, 0.3) is 0 Å². The second kappa shape index (κ2) is 3.99. The molecule has 110 valence electrons. The van der Waals surface area contributed by atoms with E-state index >= 15 is 0 Å². The number of piperazine rings is 1. The predicted molar refractivity (Wildman–Crippen MR) is 74.7 cm³/mol. The topological polar surface area (TPSA) is 49.4 Å². The molecule has 20 heavy (non-hydrogen) atoms. The Labute approximate surface area is 120 Å². The average Bonchev–Trinajstić information content (AvgIpc) is 2.81. The Bertz CT molecular complexity index is 459. The molecule has 4 nitrogen and oxygen atoms in total. The summed E-state index contributed by atoms with van der Waals surface area (Å²) in [6, 6.07) is -0.235. The standard InChI is InChI=1S/C16H24N2O2/c1-7(2)13-16(20)18(8(3)15(19)17-13)14-11-9-4-5-10(6-9)12(11)14/h7-14H,4-6H2,1-3H3,(H,17,19). The minimum absolute atomic E-state index is 0.0284. The lowest BCUT2D eigenvalue weighted by atomic mass is 9.96. The first-order valence-corrected chi connectivity index (χ1v) is 8.13. The Morgan fingerprint density at radius 3 is 2.30 bits per heavy atom. The molecular formula is C16H24N2O2. The highest BCUT2D eigenvalue weighted by atomic mass is 16.2. The molecule has 1 aliphatic heterocycles. The summed E-state index contributed by atoms with van der Waals surface area (Å²) in [4.78, 5) is 26.9. The molecule has 3 aliphatic carbocycles. The van der Waals surface area contributed by atoms with Crippen LogP contribution in [-0.4, -0.2) is 34.8 Å². The smallest absolute Gasteiger partial charge is 0.246 e. The van der Waals surface area contributed by atoms with Gasteiger partial charge in [0.1, 0.15) is 12.1 Å². The molecule has 1 heterocycles. The predicted octanol–water partition coefficient (Wildman–Crippen LogP) is 1.40. The van der Waals surface area contributed by atoms with Crippen LogP contribution in [0.4, 0.5) is 0 Å². The van der Waals surface area contributed by atoms with Gasteiger partial charge < -0.3 is 10.2 Å². The Balaban J connectivity index is 1.60. The number of carbonyl (C=O) groups excluding carboxylic acids is 2. The van der Waals surface area contributed by atoms with Crippen molar-refractivity contribution in [3.63, 3.8) is 0 Å². The van der Waals surface area contributed by atoms with Gasteiger partial charge in [0.05, 0.1) is 0 Å². The van der Waals surface area contributed by atoms with Crippen LogP contribution >= 0.6 is 0 Å². The van der Waals surface area contributed by atoms with E-state index in [2.05, 4.69) is 5.32 Å². The zero-order valence-electron chi connectivity index (χ0n) is 12.5. The first-order chi connectivity index (χ1) is 9.50. The SMILES string of the molecule is CC(C)C1NC(=O)C(C)N(C2C3C4CCC(C4)C32)C1=O. The fourth-order valence-corrected chi connectivity index (χ4v) is 5.32. The molecule has 4 heteroatoms. The quantitative estimate of drug-likeness (QED) is 0.829. The Kier molecular flexibility index (Phi) is 2.52. The van der Waals surface area contributed by atoms with E-state index < -0.39 is 0 Å². The third kappa shape index (κ3) is 1.48. The highest BCUT2D eigenvalue weighted by Crippen LogP contribution is 2.67. The minimum Gasteiger partial charge on any atom is -0.342 e. The molecule has 4 fully saturated rings. The number of carbonyl (C=O) groups is 2. The zero-order valence-corrected chi connectivity index (χ0v) is 12.5. The van der Waals surface area contributed by atoms with Gasteiger partial charge in [-0.2, -0.15) is 0 Å². The maximum Gasteiger partial charge on any atom is 0.246 e. The molecule has 0 radical (unpaired) electrons. The first-order valence-electron chi connectivity index (χ1n) is 8.13. The molecule has 0 aromatic heterocycles. The van der Waals surface area contributed by atoms with Crippen LogP contribution in [0.2, 0.25) is 0 Å². The summed E-state index contributed by atoms with van der Waals surface area (Å²) in [5, 5.41) is 2.90. The maximum absolute atomic E-state index is 12.8. The van der Waals surface area contributed by atoms with E-state index in [1.807, 2.05) is 25.7 Å². The van der Waals surface area contributed by atoms with Gasteiger partial charge in [0.15, 0.2) is 0 Å². The van der Waals surface area contributed by atoms with Crippen LogP contribution in [0.5, 0.6) is 0 Å². The van der Waals surface area contributed by atoms with Crippen molar-refractivity contribution in [3.05, 3.63) is 0 Å². The summed E-state index contributed by atoms with van der Waals surface area (Å²) >= 11 is 0. The number of hydrogen-bond acceptors (Lipinski definition) is 2. The van der Waals surface area contributed by atoms with E-state index in [4.69, 9.17) is 0 Å².